The van der Waals surface area contributed by atoms with Crippen LogP contribution in [0.5, 0.6) is 5.75 Å². The number of thiol groups is 1. The smallest absolute Gasteiger partial charge is 0.410 e. The van der Waals surface area contributed by atoms with Crippen LogP contribution in [-0.4, -0.2) is 54.6 Å². The topological polar surface area (TPSA) is 65.1 Å². The van der Waals surface area contributed by atoms with Gasteiger partial charge in [0, 0.05) is 11.3 Å². The summed E-state index contributed by atoms with van der Waals surface area (Å²) in [4.78, 5) is 26.1. The quantitative estimate of drug-likeness (QED) is 0.381. The van der Waals surface area contributed by atoms with E-state index in [0.29, 0.717) is 19.6 Å². The lowest BCUT2D eigenvalue weighted by molar-refractivity contribution is -0.145. The van der Waals surface area contributed by atoms with Crippen LogP contribution >= 0.6 is 12.6 Å². The minimum Gasteiger partial charge on any atom is -0.497 e. The highest BCUT2D eigenvalue weighted by Gasteiger charge is 2.40. The first-order valence-electron chi connectivity index (χ1n) is 10.1. The largest absolute Gasteiger partial charge is 0.497 e. The van der Waals surface area contributed by atoms with Gasteiger partial charge in [-0.05, 0) is 55.7 Å². The lowest BCUT2D eigenvalue weighted by atomic mass is 9.98. The first-order valence-corrected chi connectivity index (χ1v) is 10.6. The number of carbonyl (C=O) groups is 2. The molecular weight excluding hydrogens is 402 g/mol. The Balaban J connectivity index is 1.53. The van der Waals surface area contributed by atoms with Gasteiger partial charge >= 0.3 is 12.1 Å². The Morgan fingerprint density at radius 3 is 2.67 bits per heavy atom. The molecule has 0 aromatic heterocycles. The molecule has 1 saturated heterocycles. The highest BCUT2D eigenvalue weighted by Crippen LogP contribution is 2.28. The fraction of sp³-hybridized carbons (Fsp3) is 0.478. The molecular formula is C23H29NO5S. The number of hydrogen-bond donors (Lipinski definition) is 1. The normalized spacial score (nSPS) is 17.7. The molecule has 2 atom stereocenters. The van der Waals surface area contributed by atoms with E-state index in [0.717, 1.165) is 22.1 Å². The third kappa shape index (κ3) is 5.01. The number of rotatable bonds is 8. The molecule has 3 rings (SSSR count). The van der Waals surface area contributed by atoms with E-state index < -0.39 is 0 Å². The Bertz CT molecular complexity index is 923. The van der Waals surface area contributed by atoms with Gasteiger partial charge in [0.1, 0.15) is 12.4 Å². The Hall–Kier alpha value is -2.41. The lowest BCUT2D eigenvalue weighted by Crippen LogP contribution is -2.45. The van der Waals surface area contributed by atoms with Crippen molar-refractivity contribution in [2.45, 2.75) is 43.9 Å². The molecule has 0 saturated carbocycles. The van der Waals surface area contributed by atoms with E-state index >= 15 is 0 Å². The van der Waals surface area contributed by atoms with Crippen molar-refractivity contribution < 1.29 is 23.8 Å². The maximum Gasteiger partial charge on any atom is 0.410 e. The average molecular weight is 432 g/mol. The zero-order valence-electron chi connectivity index (χ0n) is 17.9. The van der Waals surface area contributed by atoms with E-state index in [1.54, 1.807) is 12.0 Å². The molecule has 0 N–H and O–H groups in total. The van der Waals surface area contributed by atoms with Crippen LogP contribution in [0.25, 0.3) is 10.8 Å². The number of ether oxygens (including phenoxy) is 3. The molecule has 0 aliphatic carbocycles. The minimum atomic E-state index is -0.377. The van der Waals surface area contributed by atoms with Gasteiger partial charge in [-0.2, -0.15) is 12.6 Å². The van der Waals surface area contributed by atoms with Crippen molar-refractivity contribution in [2.24, 2.45) is 0 Å². The van der Waals surface area contributed by atoms with Gasteiger partial charge in [0.05, 0.1) is 25.7 Å². The number of esters is 1. The second-order valence-corrected chi connectivity index (χ2v) is 9.31. The second kappa shape index (κ2) is 9.16. The molecule has 0 unspecified atom stereocenters. The zero-order valence-corrected chi connectivity index (χ0v) is 18.8. The summed E-state index contributed by atoms with van der Waals surface area (Å²) in [5.41, 5.74) is 0.901. The van der Waals surface area contributed by atoms with Gasteiger partial charge in [0.25, 0.3) is 0 Å². The molecule has 1 fully saturated rings. The Kier molecular flexibility index (Phi) is 6.81. The van der Waals surface area contributed by atoms with E-state index in [4.69, 9.17) is 14.2 Å². The number of cyclic esters (lactones) is 1. The molecule has 6 nitrogen and oxygen atoms in total. The van der Waals surface area contributed by atoms with Gasteiger partial charge in [-0.3, -0.25) is 4.79 Å². The van der Waals surface area contributed by atoms with Crippen molar-refractivity contribution in [1.29, 1.82) is 0 Å². The van der Waals surface area contributed by atoms with E-state index in [1.165, 1.54) is 0 Å². The molecule has 2 aromatic rings. The molecule has 0 bridgehead atoms. The van der Waals surface area contributed by atoms with Crippen LogP contribution in [0.3, 0.4) is 0 Å². The van der Waals surface area contributed by atoms with Crippen LogP contribution in [0.1, 0.15) is 38.7 Å². The van der Waals surface area contributed by atoms with Crippen molar-refractivity contribution in [1.82, 2.24) is 4.90 Å². The van der Waals surface area contributed by atoms with Crippen LogP contribution in [-0.2, 0) is 14.3 Å². The van der Waals surface area contributed by atoms with Crippen LogP contribution in [0.15, 0.2) is 36.4 Å². The molecule has 162 valence electrons. The van der Waals surface area contributed by atoms with Crippen molar-refractivity contribution in [3.63, 3.8) is 0 Å². The maximum absolute atomic E-state index is 12.5. The first-order chi connectivity index (χ1) is 14.2. The predicted molar refractivity (Wildman–Crippen MR) is 119 cm³/mol. The van der Waals surface area contributed by atoms with Gasteiger partial charge in [-0.15, -0.1) is 0 Å². The van der Waals surface area contributed by atoms with Crippen LogP contribution in [0.2, 0.25) is 0 Å². The third-order valence-corrected chi connectivity index (χ3v) is 5.80. The second-order valence-electron chi connectivity index (χ2n) is 8.16. The molecule has 1 aliphatic rings. The van der Waals surface area contributed by atoms with E-state index in [2.05, 4.69) is 12.6 Å². The number of carbonyl (C=O) groups excluding carboxylic acids is 2. The summed E-state index contributed by atoms with van der Waals surface area (Å²) in [6.45, 7) is 6.79. The Labute approximate surface area is 182 Å². The van der Waals surface area contributed by atoms with E-state index in [1.807, 2.05) is 57.2 Å². The molecule has 0 spiro atoms. The molecule has 1 heterocycles. The van der Waals surface area contributed by atoms with Crippen LogP contribution in [0.4, 0.5) is 4.79 Å². The molecule has 7 heteroatoms. The Morgan fingerprint density at radius 2 is 1.97 bits per heavy atom. The monoisotopic (exact) mass is 431 g/mol. The summed E-state index contributed by atoms with van der Waals surface area (Å²) < 4.78 is 15.5. The summed E-state index contributed by atoms with van der Waals surface area (Å²) in [6, 6.07) is 11.7. The molecule has 30 heavy (non-hydrogen) atoms. The third-order valence-electron chi connectivity index (χ3n) is 5.50. The SMILES string of the molecule is COc1ccc2cc([C@H](C)C(=O)OCCCN3C(=O)OC[C@H]3C(C)(C)S)ccc2c1. The number of hydrogen-bond acceptors (Lipinski definition) is 6. The maximum atomic E-state index is 12.5. The van der Waals surface area contributed by atoms with E-state index in [9.17, 15) is 9.59 Å². The fourth-order valence-corrected chi connectivity index (χ4v) is 3.80. The first kappa shape index (κ1) is 22.3. The van der Waals surface area contributed by atoms with Gasteiger partial charge in [0.15, 0.2) is 0 Å². The minimum absolute atomic E-state index is 0.0980. The summed E-state index contributed by atoms with van der Waals surface area (Å²) in [6.07, 6.45) is 0.209. The molecule has 1 amide bonds. The van der Waals surface area contributed by atoms with E-state index in [-0.39, 0.29) is 35.4 Å². The summed E-state index contributed by atoms with van der Waals surface area (Å²) >= 11 is 4.57. The summed E-state index contributed by atoms with van der Waals surface area (Å²) in [5, 5.41) is 2.10. The fourth-order valence-electron chi connectivity index (χ4n) is 3.59. The zero-order chi connectivity index (χ0) is 21.9. The number of nitrogens with zero attached hydrogens (tertiary/aromatic N) is 1. The standard InChI is InChI=1S/C23H29NO5S/c1-15(16-6-7-18-13-19(27-4)9-8-17(18)12-16)21(25)28-11-5-10-24-20(23(2,3)30)14-29-22(24)26/h6-9,12-13,15,20,30H,5,10-11,14H2,1-4H3/t15-,20-/m0/s1. The number of methoxy groups -OCH3 is 1. The van der Waals surface area contributed by atoms with Gasteiger partial charge in [-0.1, -0.05) is 24.3 Å². The van der Waals surface area contributed by atoms with Crippen molar-refractivity contribution in [3.8, 4) is 5.75 Å². The average Bonchev–Trinajstić information content (AvgIpc) is 3.10. The van der Waals surface area contributed by atoms with Crippen molar-refractivity contribution >= 4 is 35.5 Å². The predicted octanol–water partition coefficient (Wildman–Crippen LogP) is 4.41. The Morgan fingerprint density at radius 1 is 1.27 bits per heavy atom. The van der Waals surface area contributed by atoms with Crippen LogP contribution in [0, 0.1) is 0 Å². The molecule has 1 aliphatic heterocycles. The van der Waals surface area contributed by atoms with Gasteiger partial charge < -0.3 is 19.1 Å². The summed E-state index contributed by atoms with van der Waals surface area (Å²) in [5.74, 6) is 0.142. The van der Waals surface area contributed by atoms with Crippen LogP contribution < -0.4 is 4.74 Å². The van der Waals surface area contributed by atoms with Gasteiger partial charge in [-0.25, -0.2) is 4.79 Å². The van der Waals surface area contributed by atoms with Crippen molar-refractivity contribution in [3.05, 3.63) is 42.0 Å². The lowest BCUT2D eigenvalue weighted by Gasteiger charge is -2.31. The number of benzene rings is 2. The highest BCUT2D eigenvalue weighted by molar-refractivity contribution is 7.81. The number of amides is 1. The highest BCUT2D eigenvalue weighted by atomic mass is 32.1. The number of fused-ring (bicyclic) bond motifs is 1. The summed E-state index contributed by atoms with van der Waals surface area (Å²) in [7, 11) is 1.64. The molecule has 0 radical (unpaired) electrons. The van der Waals surface area contributed by atoms with Crippen molar-refractivity contribution in [2.75, 3.05) is 26.9 Å². The van der Waals surface area contributed by atoms with Gasteiger partial charge in [0.2, 0.25) is 0 Å². The molecule has 2 aromatic carbocycles.